The van der Waals surface area contributed by atoms with Gasteiger partial charge < -0.3 is 10.6 Å². The molecule has 1 atom stereocenters. The van der Waals surface area contributed by atoms with Crippen molar-refractivity contribution in [2.75, 3.05) is 31.5 Å². The van der Waals surface area contributed by atoms with Gasteiger partial charge in [-0.05, 0) is 18.2 Å². The van der Waals surface area contributed by atoms with Crippen molar-refractivity contribution in [2.45, 2.75) is 16.0 Å². The second kappa shape index (κ2) is 8.27. The standard InChI is InChI=1S/C17H19N3S.2ClH/c1-3-7-15-13(5-1)17(20-11-9-18-10-12-20)19-14-6-2-4-8-16(14)21-15;;/h1-8,17-19H,9-12H2;2*1H. The van der Waals surface area contributed by atoms with Crippen molar-refractivity contribution < 1.29 is 0 Å². The highest BCUT2D eigenvalue weighted by atomic mass is 35.5. The third kappa shape index (κ3) is 3.78. The van der Waals surface area contributed by atoms with Crippen LogP contribution in [0.1, 0.15) is 11.7 Å². The van der Waals surface area contributed by atoms with Gasteiger partial charge in [0.25, 0.3) is 0 Å². The first-order valence-electron chi connectivity index (χ1n) is 7.49. The van der Waals surface area contributed by atoms with Crippen LogP contribution in [0.4, 0.5) is 5.69 Å². The smallest absolute Gasteiger partial charge is 0.107 e. The SMILES string of the molecule is Cl.Cl.c1ccc2c(c1)NC(N1CCNCC1)c1ccccc1S2. The van der Waals surface area contributed by atoms with E-state index in [1.165, 1.54) is 21.0 Å². The summed E-state index contributed by atoms with van der Waals surface area (Å²) in [4.78, 5) is 5.21. The van der Waals surface area contributed by atoms with Gasteiger partial charge in [-0.3, -0.25) is 4.90 Å². The highest BCUT2D eigenvalue weighted by Crippen LogP contribution is 2.42. The van der Waals surface area contributed by atoms with E-state index in [1.807, 2.05) is 11.8 Å². The first-order chi connectivity index (χ1) is 10.4. The molecular formula is C17H21Cl2N3S. The number of nitrogens with zero attached hydrogens (tertiary/aromatic N) is 1. The average Bonchev–Trinajstić information content (AvgIpc) is 2.72. The molecule has 1 unspecified atom stereocenters. The van der Waals surface area contributed by atoms with Gasteiger partial charge in [-0.15, -0.1) is 24.8 Å². The summed E-state index contributed by atoms with van der Waals surface area (Å²) in [5, 5.41) is 7.20. The van der Waals surface area contributed by atoms with Gasteiger partial charge in [0, 0.05) is 47.2 Å². The number of anilines is 1. The van der Waals surface area contributed by atoms with Gasteiger partial charge in [-0.1, -0.05) is 42.1 Å². The Hall–Kier alpha value is -0.910. The minimum absolute atomic E-state index is 0. The number of nitrogens with one attached hydrogen (secondary N) is 2. The molecule has 124 valence electrons. The van der Waals surface area contributed by atoms with Crippen molar-refractivity contribution in [3.05, 3.63) is 54.1 Å². The molecule has 2 aliphatic heterocycles. The molecule has 2 aromatic rings. The van der Waals surface area contributed by atoms with E-state index in [9.17, 15) is 0 Å². The van der Waals surface area contributed by atoms with E-state index in [2.05, 4.69) is 64.1 Å². The zero-order chi connectivity index (χ0) is 14.1. The second-order valence-electron chi connectivity index (χ2n) is 5.47. The molecule has 2 aliphatic rings. The minimum atomic E-state index is 0. The first-order valence-corrected chi connectivity index (χ1v) is 8.30. The second-order valence-corrected chi connectivity index (χ2v) is 6.55. The van der Waals surface area contributed by atoms with Crippen LogP contribution in [0.5, 0.6) is 0 Å². The van der Waals surface area contributed by atoms with E-state index in [4.69, 9.17) is 0 Å². The lowest BCUT2D eigenvalue weighted by molar-refractivity contribution is 0.189. The fourth-order valence-corrected chi connectivity index (χ4v) is 4.11. The fraction of sp³-hybridized carbons (Fsp3) is 0.294. The summed E-state index contributed by atoms with van der Waals surface area (Å²) < 4.78 is 0. The Morgan fingerprint density at radius 3 is 2.30 bits per heavy atom. The van der Waals surface area contributed by atoms with E-state index in [0.29, 0.717) is 0 Å². The molecule has 0 radical (unpaired) electrons. The van der Waals surface area contributed by atoms with Crippen LogP contribution in [0, 0.1) is 0 Å². The summed E-state index contributed by atoms with van der Waals surface area (Å²) in [5.74, 6) is 0. The van der Waals surface area contributed by atoms with Gasteiger partial charge >= 0.3 is 0 Å². The summed E-state index contributed by atoms with van der Waals surface area (Å²) in [6, 6.07) is 17.4. The topological polar surface area (TPSA) is 27.3 Å². The lowest BCUT2D eigenvalue weighted by Gasteiger charge is -2.36. The summed E-state index contributed by atoms with van der Waals surface area (Å²) in [7, 11) is 0. The van der Waals surface area contributed by atoms with Crippen LogP contribution in [0.2, 0.25) is 0 Å². The zero-order valence-electron chi connectivity index (χ0n) is 12.7. The van der Waals surface area contributed by atoms with Crippen molar-refractivity contribution in [1.82, 2.24) is 10.2 Å². The number of rotatable bonds is 1. The maximum absolute atomic E-state index is 3.76. The maximum atomic E-state index is 3.76. The lowest BCUT2D eigenvalue weighted by atomic mass is 10.1. The zero-order valence-corrected chi connectivity index (χ0v) is 15.1. The predicted molar refractivity (Wildman–Crippen MR) is 102 cm³/mol. The monoisotopic (exact) mass is 369 g/mol. The van der Waals surface area contributed by atoms with Gasteiger partial charge in [0.1, 0.15) is 6.17 Å². The van der Waals surface area contributed by atoms with Crippen LogP contribution < -0.4 is 10.6 Å². The molecule has 1 saturated heterocycles. The number of halogens is 2. The number of piperazine rings is 1. The third-order valence-corrected chi connectivity index (χ3v) is 5.30. The van der Waals surface area contributed by atoms with E-state index in [1.54, 1.807) is 0 Å². The molecule has 6 heteroatoms. The normalized spacial score (nSPS) is 19.9. The molecule has 1 fully saturated rings. The van der Waals surface area contributed by atoms with Crippen molar-refractivity contribution in [1.29, 1.82) is 0 Å². The van der Waals surface area contributed by atoms with E-state index < -0.39 is 0 Å². The molecule has 2 aromatic carbocycles. The van der Waals surface area contributed by atoms with Crippen LogP contribution >= 0.6 is 36.6 Å². The summed E-state index contributed by atoms with van der Waals surface area (Å²) in [6.45, 7) is 4.29. The van der Waals surface area contributed by atoms with Crippen LogP contribution in [0.3, 0.4) is 0 Å². The molecule has 0 spiro atoms. The highest BCUT2D eigenvalue weighted by Gasteiger charge is 2.27. The van der Waals surface area contributed by atoms with Crippen molar-refractivity contribution in [3.8, 4) is 0 Å². The van der Waals surface area contributed by atoms with Gasteiger partial charge in [-0.25, -0.2) is 0 Å². The Morgan fingerprint density at radius 2 is 1.52 bits per heavy atom. The summed E-state index contributed by atoms with van der Waals surface area (Å²) in [6.07, 6.45) is 0.263. The Morgan fingerprint density at radius 1 is 0.870 bits per heavy atom. The molecule has 23 heavy (non-hydrogen) atoms. The minimum Gasteiger partial charge on any atom is -0.365 e. The van der Waals surface area contributed by atoms with E-state index in [0.717, 1.165) is 26.2 Å². The quantitative estimate of drug-likeness (QED) is 0.793. The molecule has 2 heterocycles. The van der Waals surface area contributed by atoms with Gasteiger partial charge in [0.05, 0.1) is 0 Å². The number of hydrogen-bond donors (Lipinski definition) is 2. The largest absolute Gasteiger partial charge is 0.365 e. The molecule has 0 aromatic heterocycles. The van der Waals surface area contributed by atoms with Crippen molar-refractivity contribution in [3.63, 3.8) is 0 Å². The fourth-order valence-electron chi connectivity index (χ4n) is 3.05. The van der Waals surface area contributed by atoms with Gasteiger partial charge in [0.15, 0.2) is 0 Å². The van der Waals surface area contributed by atoms with Gasteiger partial charge in [0.2, 0.25) is 0 Å². The molecule has 0 saturated carbocycles. The number of hydrogen-bond acceptors (Lipinski definition) is 4. The van der Waals surface area contributed by atoms with Crippen LogP contribution in [0.25, 0.3) is 0 Å². The van der Waals surface area contributed by atoms with Crippen LogP contribution in [0.15, 0.2) is 58.3 Å². The average molecular weight is 370 g/mol. The van der Waals surface area contributed by atoms with Gasteiger partial charge in [-0.2, -0.15) is 0 Å². The molecule has 2 N–H and O–H groups in total. The van der Waals surface area contributed by atoms with Crippen LogP contribution in [-0.4, -0.2) is 31.1 Å². The van der Waals surface area contributed by atoms with E-state index in [-0.39, 0.29) is 31.0 Å². The maximum Gasteiger partial charge on any atom is 0.107 e. The molecule has 0 amide bonds. The van der Waals surface area contributed by atoms with E-state index >= 15 is 0 Å². The Balaban J connectivity index is 0.000000960. The molecule has 3 nitrogen and oxygen atoms in total. The van der Waals surface area contributed by atoms with Crippen LogP contribution in [-0.2, 0) is 0 Å². The number of fused-ring (bicyclic) bond motifs is 2. The Labute approximate surface area is 154 Å². The van der Waals surface area contributed by atoms with Crippen molar-refractivity contribution >= 4 is 42.3 Å². The van der Waals surface area contributed by atoms with Crippen molar-refractivity contribution in [2.24, 2.45) is 0 Å². The number of para-hydroxylation sites is 1. The highest BCUT2D eigenvalue weighted by molar-refractivity contribution is 7.99. The molecule has 0 bridgehead atoms. The molecule has 4 rings (SSSR count). The molecule has 0 aliphatic carbocycles. The molecular weight excluding hydrogens is 349 g/mol. The lowest BCUT2D eigenvalue weighted by Crippen LogP contribution is -2.47. The number of benzene rings is 2. The Bertz CT molecular complexity index is 647. The third-order valence-electron chi connectivity index (χ3n) is 4.13. The summed E-state index contributed by atoms with van der Waals surface area (Å²) in [5.41, 5.74) is 2.63. The Kier molecular flexibility index (Phi) is 6.62. The first kappa shape index (κ1) is 18.4. The summed E-state index contributed by atoms with van der Waals surface area (Å²) >= 11 is 1.87. The predicted octanol–water partition coefficient (Wildman–Crippen LogP) is 4.01.